The lowest BCUT2D eigenvalue weighted by atomic mass is 9.94. The van der Waals surface area contributed by atoms with E-state index in [4.69, 9.17) is 0 Å². The number of carbonyl (C=O) groups is 2. The van der Waals surface area contributed by atoms with Crippen molar-refractivity contribution in [3.8, 4) is 0 Å². The van der Waals surface area contributed by atoms with Gasteiger partial charge in [0.05, 0.1) is 5.69 Å². The molecule has 7 nitrogen and oxygen atoms in total. The molecule has 3 N–H and O–H groups in total. The highest BCUT2D eigenvalue weighted by Crippen LogP contribution is 2.42. The minimum absolute atomic E-state index is 0.117. The molecule has 2 amide bonds. The third-order valence-electron chi connectivity index (χ3n) is 3.50. The molecule has 1 aliphatic carbocycles. The van der Waals surface area contributed by atoms with E-state index in [0.717, 1.165) is 22.7 Å². The van der Waals surface area contributed by atoms with Crippen molar-refractivity contribution in [3.05, 3.63) is 20.8 Å². The summed E-state index contributed by atoms with van der Waals surface area (Å²) in [5, 5.41) is 23.9. The fourth-order valence-corrected chi connectivity index (χ4v) is 3.96. The summed E-state index contributed by atoms with van der Waals surface area (Å²) >= 11 is 2.53. The molecule has 9 heteroatoms. The van der Waals surface area contributed by atoms with Crippen LogP contribution in [-0.2, 0) is 5.41 Å². The number of aromatic nitrogens is 2. The molecule has 24 heavy (non-hydrogen) atoms. The molecule has 0 saturated heterocycles. The molecular formula is C15H18N4O3S2. The van der Waals surface area contributed by atoms with Gasteiger partial charge in [0.2, 0.25) is 5.13 Å². The Kier molecular flexibility index (Phi) is 4.31. The Bertz CT molecular complexity index is 787. The zero-order chi connectivity index (χ0) is 17.5. The predicted molar refractivity (Wildman–Crippen MR) is 94.5 cm³/mol. The Morgan fingerprint density at radius 1 is 1.21 bits per heavy atom. The number of thiophene rings is 1. The SMILES string of the molecule is CC(C)(C)c1cc(NC(=O)Nc2nnc(C3CC3)s2)c(C(=O)O)s1. The highest BCUT2D eigenvalue weighted by atomic mass is 32.1. The predicted octanol–water partition coefficient (Wildman–Crippen LogP) is 4.12. The van der Waals surface area contributed by atoms with Gasteiger partial charge in [-0.1, -0.05) is 32.1 Å². The van der Waals surface area contributed by atoms with Crippen LogP contribution in [0.15, 0.2) is 6.07 Å². The van der Waals surface area contributed by atoms with Gasteiger partial charge in [0.1, 0.15) is 9.88 Å². The summed E-state index contributed by atoms with van der Waals surface area (Å²) in [6, 6.07) is 1.19. The van der Waals surface area contributed by atoms with Crippen LogP contribution in [0.5, 0.6) is 0 Å². The Hall–Kier alpha value is -2.00. The maximum atomic E-state index is 12.1. The first kappa shape index (κ1) is 16.8. The first-order valence-electron chi connectivity index (χ1n) is 7.53. The van der Waals surface area contributed by atoms with Crippen LogP contribution >= 0.6 is 22.7 Å². The lowest BCUT2D eigenvalue weighted by molar-refractivity contribution is 0.0703. The van der Waals surface area contributed by atoms with Gasteiger partial charge in [-0.3, -0.25) is 5.32 Å². The van der Waals surface area contributed by atoms with E-state index in [9.17, 15) is 14.7 Å². The Labute approximate surface area is 147 Å². The molecule has 0 unspecified atom stereocenters. The largest absolute Gasteiger partial charge is 0.477 e. The maximum Gasteiger partial charge on any atom is 0.348 e. The second-order valence-electron chi connectivity index (χ2n) is 6.71. The van der Waals surface area contributed by atoms with Crippen LogP contribution in [0.3, 0.4) is 0 Å². The minimum Gasteiger partial charge on any atom is -0.477 e. The highest BCUT2D eigenvalue weighted by Gasteiger charge is 2.28. The minimum atomic E-state index is -1.06. The molecule has 1 saturated carbocycles. The molecule has 0 atom stereocenters. The van der Waals surface area contributed by atoms with Crippen LogP contribution in [0.2, 0.25) is 0 Å². The Balaban J connectivity index is 1.72. The van der Waals surface area contributed by atoms with Crippen LogP contribution in [0, 0.1) is 0 Å². The number of rotatable bonds is 4. The van der Waals surface area contributed by atoms with Gasteiger partial charge in [-0.25, -0.2) is 9.59 Å². The fourth-order valence-electron chi connectivity index (χ4n) is 2.04. The summed E-state index contributed by atoms with van der Waals surface area (Å²) < 4.78 is 0. The lowest BCUT2D eigenvalue weighted by Gasteiger charge is -2.15. The van der Waals surface area contributed by atoms with Crippen LogP contribution in [0.1, 0.15) is 59.1 Å². The van der Waals surface area contributed by atoms with E-state index >= 15 is 0 Å². The number of carboxylic acids is 1. The van der Waals surface area contributed by atoms with Gasteiger partial charge < -0.3 is 10.4 Å². The van der Waals surface area contributed by atoms with Crippen molar-refractivity contribution >= 4 is 45.5 Å². The first-order chi connectivity index (χ1) is 11.2. The van der Waals surface area contributed by atoms with E-state index in [1.807, 2.05) is 20.8 Å². The molecule has 0 bridgehead atoms. The smallest absolute Gasteiger partial charge is 0.348 e. The molecule has 2 aromatic rings. The third kappa shape index (κ3) is 3.73. The van der Waals surface area contributed by atoms with Gasteiger partial charge in [0, 0.05) is 10.8 Å². The van der Waals surface area contributed by atoms with E-state index in [-0.39, 0.29) is 10.3 Å². The molecular weight excluding hydrogens is 348 g/mol. The molecule has 2 heterocycles. The van der Waals surface area contributed by atoms with E-state index in [1.54, 1.807) is 6.07 Å². The number of carboxylic acid groups (broad SMARTS) is 1. The van der Waals surface area contributed by atoms with Crippen molar-refractivity contribution in [2.24, 2.45) is 0 Å². The second-order valence-corrected chi connectivity index (χ2v) is 8.77. The molecule has 128 valence electrons. The Morgan fingerprint density at radius 2 is 1.92 bits per heavy atom. The van der Waals surface area contributed by atoms with Crippen molar-refractivity contribution in [1.29, 1.82) is 0 Å². The highest BCUT2D eigenvalue weighted by molar-refractivity contribution is 7.15. The van der Waals surface area contributed by atoms with Gasteiger partial charge in [-0.15, -0.1) is 21.5 Å². The summed E-state index contributed by atoms with van der Waals surface area (Å²) in [7, 11) is 0. The summed E-state index contributed by atoms with van der Waals surface area (Å²) in [4.78, 5) is 24.6. The topological polar surface area (TPSA) is 104 Å². The average molecular weight is 366 g/mol. The van der Waals surface area contributed by atoms with Crippen molar-refractivity contribution in [2.45, 2.75) is 44.9 Å². The van der Waals surface area contributed by atoms with Gasteiger partial charge in [-0.05, 0) is 24.3 Å². The molecule has 0 radical (unpaired) electrons. The van der Waals surface area contributed by atoms with Crippen LogP contribution in [0.25, 0.3) is 0 Å². The number of anilines is 2. The number of aromatic carboxylic acids is 1. The van der Waals surface area contributed by atoms with Gasteiger partial charge in [0.15, 0.2) is 0 Å². The second kappa shape index (κ2) is 6.14. The molecule has 0 aliphatic heterocycles. The van der Waals surface area contributed by atoms with Gasteiger partial charge in [0.25, 0.3) is 0 Å². The molecule has 1 fully saturated rings. The zero-order valence-electron chi connectivity index (χ0n) is 13.5. The monoisotopic (exact) mass is 366 g/mol. The number of hydrogen-bond donors (Lipinski definition) is 3. The number of nitrogens with zero attached hydrogens (tertiary/aromatic N) is 2. The van der Waals surface area contributed by atoms with Gasteiger partial charge in [-0.2, -0.15) is 0 Å². The van der Waals surface area contributed by atoms with E-state index in [1.165, 1.54) is 22.7 Å². The standard InChI is InChI=1S/C15H18N4O3S2/c1-15(2,3)9-6-8(10(23-9)12(20)21)16-13(22)17-14-19-18-11(24-14)7-4-5-7/h6-7H,4-5H2,1-3H3,(H,20,21)(H2,16,17,19,22). The van der Waals surface area contributed by atoms with Crippen molar-refractivity contribution < 1.29 is 14.7 Å². The summed E-state index contributed by atoms with van der Waals surface area (Å²) in [6.07, 6.45) is 2.24. The van der Waals surface area contributed by atoms with Crippen molar-refractivity contribution in [3.63, 3.8) is 0 Å². The number of amides is 2. The molecule has 0 aromatic carbocycles. The summed E-state index contributed by atoms with van der Waals surface area (Å²) in [5.74, 6) is -0.580. The number of carbonyl (C=O) groups excluding carboxylic acids is 1. The molecule has 3 rings (SSSR count). The zero-order valence-corrected chi connectivity index (χ0v) is 15.2. The Morgan fingerprint density at radius 3 is 2.50 bits per heavy atom. The summed E-state index contributed by atoms with van der Waals surface area (Å²) in [6.45, 7) is 5.99. The molecule has 2 aromatic heterocycles. The summed E-state index contributed by atoms with van der Waals surface area (Å²) in [5.41, 5.74) is 0.103. The number of urea groups is 1. The molecule has 1 aliphatic rings. The number of nitrogens with one attached hydrogen (secondary N) is 2. The first-order valence-corrected chi connectivity index (χ1v) is 9.16. The van der Waals surface area contributed by atoms with Crippen molar-refractivity contribution in [2.75, 3.05) is 10.6 Å². The average Bonchev–Trinajstić information content (AvgIpc) is 3.05. The van der Waals surface area contributed by atoms with Crippen LogP contribution < -0.4 is 10.6 Å². The van der Waals surface area contributed by atoms with E-state index in [0.29, 0.717) is 16.7 Å². The fraction of sp³-hybridized carbons (Fsp3) is 0.467. The third-order valence-corrected chi connectivity index (χ3v) is 6.05. The van der Waals surface area contributed by atoms with Crippen LogP contribution in [-0.4, -0.2) is 27.3 Å². The van der Waals surface area contributed by atoms with Gasteiger partial charge >= 0.3 is 12.0 Å². The van der Waals surface area contributed by atoms with Crippen LogP contribution in [0.4, 0.5) is 15.6 Å². The molecule has 0 spiro atoms. The normalized spacial score (nSPS) is 14.5. The quantitative estimate of drug-likeness (QED) is 0.755. The van der Waals surface area contributed by atoms with E-state index < -0.39 is 12.0 Å². The van der Waals surface area contributed by atoms with Crippen molar-refractivity contribution in [1.82, 2.24) is 10.2 Å². The lowest BCUT2D eigenvalue weighted by Crippen LogP contribution is -2.20. The maximum absolute atomic E-state index is 12.1. The van der Waals surface area contributed by atoms with E-state index in [2.05, 4.69) is 20.8 Å². The number of hydrogen-bond acceptors (Lipinski definition) is 6.